The van der Waals surface area contributed by atoms with E-state index < -0.39 is 0 Å². The van der Waals surface area contributed by atoms with Crippen LogP contribution >= 0.6 is 11.6 Å². The molecule has 2 amide bonds. The standard InChI is InChI=1S/C20H29ClN2O3/c1-26-14-2-12-22-19(24)16-5-7-17(8-6-16)20(25)23-13-11-15-3-9-18(21)10-4-15/h3-4,9-10,16-17H,2,5-8,11-14H2,1H3,(H,22,24)(H,23,25). The van der Waals surface area contributed by atoms with Gasteiger partial charge in [-0.05, 0) is 56.2 Å². The lowest BCUT2D eigenvalue weighted by Gasteiger charge is -2.27. The predicted octanol–water partition coefficient (Wildman–Crippen LogP) is 2.96. The zero-order valence-electron chi connectivity index (χ0n) is 15.4. The maximum Gasteiger partial charge on any atom is 0.223 e. The summed E-state index contributed by atoms with van der Waals surface area (Å²) in [6.07, 6.45) is 4.75. The van der Waals surface area contributed by atoms with Gasteiger partial charge in [0.2, 0.25) is 11.8 Å². The van der Waals surface area contributed by atoms with E-state index >= 15 is 0 Å². The Bertz CT molecular complexity index is 569. The van der Waals surface area contributed by atoms with Gasteiger partial charge in [0.1, 0.15) is 0 Å². The van der Waals surface area contributed by atoms with Crippen LogP contribution in [0.4, 0.5) is 0 Å². The maximum absolute atomic E-state index is 12.3. The number of nitrogens with one attached hydrogen (secondary N) is 2. The lowest BCUT2D eigenvalue weighted by Crippen LogP contribution is -2.38. The molecule has 0 bridgehead atoms. The maximum atomic E-state index is 12.3. The van der Waals surface area contributed by atoms with Gasteiger partial charge < -0.3 is 15.4 Å². The Hall–Kier alpha value is -1.59. The molecule has 1 aromatic carbocycles. The predicted molar refractivity (Wildman–Crippen MR) is 103 cm³/mol. The Morgan fingerprint density at radius 2 is 1.54 bits per heavy atom. The number of methoxy groups -OCH3 is 1. The summed E-state index contributed by atoms with van der Waals surface area (Å²) in [6, 6.07) is 7.68. The molecule has 0 aliphatic heterocycles. The van der Waals surface area contributed by atoms with Crippen LogP contribution in [0.1, 0.15) is 37.7 Å². The van der Waals surface area contributed by atoms with Gasteiger partial charge >= 0.3 is 0 Å². The monoisotopic (exact) mass is 380 g/mol. The second-order valence-corrected chi connectivity index (χ2v) is 7.29. The number of hydrogen-bond donors (Lipinski definition) is 2. The van der Waals surface area contributed by atoms with Gasteiger partial charge in [-0.15, -0.1) is 0 Å². The van der Waals surface area contributed by atoms with Gasteiger partial charge in [-0.2, -0.15) is 0 Å². The second kappa shape index (κ2) is 11.2. The molecule has 1 aliphatic rings. The first-order valence-corrected chi connectivity index (χ1v) is 9.76. The molecule has 0 heterocycles. The minimum atomic E-state index is 0.0257. The Balaban J connectivity index is 1.63. The molecule has 1 aliphatic carbocycles. The highest BCUT2D eigenvalue weighted by atomic mass is 35.5. The van der Waals surface area contributed by atoms with Crippen molar-refractivity contribution in [1.29, 1.82) is 0 Å². The Labute approximate surface area is 160 Å². The van der Waals surface area contributed by atoms with Crippen molar-refractivity contribution in [3.05, 3.63) is 34.9 Å². The molecule has 2 N–H and O–H groups in total. The molecule has 144 valence electrons. The normalized spacial score (nSPS) is 19.8. The van der Waals surface area contributed by atoms with Crippen LogP contribution in [-0.2, 0) is 20.7 Å². The number of carbonyl (C=O) groups excluding carboxylic acids is 2. The Morgan fingerprint density at radius 1 is 1.00 bits per heavy atom. The quantitative estimate of drug-likeness (QED) is 0.647. The van der Waals surface area contributed by atoms with Crippen LogP contribution in [0.3, 0.4) is 0 Å². The number of hydrogen-bond acceptors (Lipinski definition) is 3. The van der Waals surface area contributed by atoms with Crippen molar-refractivity contribution < 1.29 is 14.3 Å². The summed E-state index contributed by atoms with van der Waals surface area (Å²) in [4.78, 5) is 24.4. The molecule has 0 radical (unpaired) electrons. The zero-order valence-corrected chi connectivity index (χ0v) is 16.2. The van der Waals surface area contributed by atoms with Crippen molar-refractivity contribution in [2.75, 3.05) is 26.8 Å². The molecule has 1 saturated carbocycles. The van der Waals surface area contributed by atoms with Gasteiger partial charge in [0.15, 0.2) is 0 Å². The third-order valence-corrected chi connectivity index (χ3v) is 5.17. The van der Waals surface area contributed by atoms with Gasteiger partial charge in [0.05, 0.1) is 0 Å². The van der Waals surface area contributed by atoms with Crippen molar-refractivity contribution in [3.8, 4) is 0 Å². The van der Waals surface area contributed by atoms with E-state index in [4.69, 9.17) is 16.3 Å². The average molecular weight is 381 g/mol. The first kappa shape index (κ1) is 20.7. The lowest BCUT2D eigenvalue weighted by molar-refractivity contribution is -0.130. The molecule has 0 saturated heterocycles. The van der Waals surface area contributed by atoms with E-state index in [-0.39, 0.29) is 23.7 Å². The zero-order chi connectivity index (χ0) is 18.8. The van der Waals surface area contributed by atoms with Crippen LogP contribution in [0.2, 0.25) is 5.02 Å². The highest BCUT2D eigenvalue weighted by molar-refractivity contribution is 6.30. The van der Waals surface area contributed by atoms with Crippen molar-refractivity contribution in [2.24, 2.45) is 11.8 Å². The average Bonchev–Trinajstić information content (AvgIpc) is 2.66. The summed E-state index contributed by atoms with van der Waals surface area (Å²) in [5, 5.41) is 6.70. The molecule has 26 heavy (non-hydrogen) atoms. The fraction of sp³-hybridized carbons (Fsp3) is 0.600. The van der Waals surface area contributed by atoms with Crippen molar-refractivity contribution >= 4 is 23.4 Å². The molecule has 1 aromatic rings. The smallest absolute Gasteiger partial charge is 0.223 e. The van der Waals surface area contributed by atoms with E-state index in [2.05, 4.69) is 10.6 Å². The van der Waals surface area contributed by atoms with Crippen LogP contribution in [0, 0.1) is 11.8 Å². The molecule has 2 rings (SSSR count). The number of ether oxygens (including phenoxy) is 1. The fourth-order valence-electron chi connectivity index (χ4n) is 3.32. The highest BCUT2D eigenvalue weighted by Gasteiger charge is 2.29. The van der Waals surface area contributed by atoms with Crippen LogP contribution < -0.4 is 10.6 Å². The molecular formula is C20H29ClN2O3. The number of carbonyl (C=O) groups is 2. The minimum absolute atomic E-state index is 0.0257. The van der Waals surface area contributed by atoms with Crippen LogP contribution in [-0.4, -0.2) is 38.6 Å². The van der Waals surface area contributed by atoms with Gasteiger partial charge in [-0.25, -0.2) is 0 Å². The molecule has 1 fully saturated rings. The number of amides is 2. The Morgan fingerprint density at radius 3 is 2.08 bits per heavy atom. The van der Waals surface area contributed by atoms with Gasteiger partial charge in [-0.1, -0.05) is 23.7 Å². The van der Waals surface area contributed by atoms with Crippen LogP contribution in [0.25, 0.3) is 0 Å². The van der Waals surface area contributed by atoms with Gasteiger partial charge in [0.25, 0.3) is 0 Å². The lowest BCUT2D eigenvalue weighted by atomic mass is 9.81. The van der Waals surface area contributed by atoms with E-state index in [1.165, 1.54) is 0 Å². The summed E-state index contributed by atoms with van der Waals surface area (Å²) < 4.78 is 4.97. The number of benzene rings is 1. The molecule has 6 heteroatoms. The number of halogens is 1. The van der Waals surface area contributed by atoms with E-state index in [0.717, 1.165) is 49.1 Å². The highest BCUT2D eigenvalue weighted by Crippen LogP contribution is 2.29. The fourth-order valence-corrected chi connectivity index (χ4v) is 3.44. The molecule has 0 atom stereocenters. The molecule has 5 nitrogen and oxygen atoms in total. The van der Waals surface area contributed by atoms with Crippen LogP contribution in [0.15, 0.2) is 24.3 Å². The van der Waals surface area contributed by atoms with E-state index in [0.29, 0.717) is 19.7 Å². The third-order valence-electron chi connectivity index (χ3n) is 4.92. The summed E-state index contributed by atoms with van der Waals surface area (Å²) in [7, 11) is 1.66. The summed E-state index contributed by atoms with van der Waals surface area (Å²) in [6.45, 7) is 1.93. The number of rotatable bonds is 9. The summed E-state index contributed by atoms with van der Waals surface area (Å²) in [5.41, 5.74) is 1.16. The summed E-state index contributed by atoms with van der Waals surface area (Å²) >= 11 is 5.87. The van der Waals surface area contributed by atoms with E-state index in [1.54, 1.807) is 7.11 Å². The molecule has 0 aromatic heterocycles. The third kappa shape index (κ3) is 6.96. The van der Waals surface area contributed by atoms with Gasteiger partial charge in [0, 0.05) is 43.7 Å². The minimum Gasteiger partial charge on any atom is -0.385 e. The first-order chi connectivity index (χ1) is 12.6. The first-order valence-electron chi connectivity index (χ1n) is 9.39. The largest absolute Gasteiger partial charge is 0.385 e. The second-order valence-electron chi connectivity index (χ2n) is 6.85. The van der Waals surface area contributed by atoms with Crippen molar-refractivity contribution in [3.63, 3.8) is 0 Å². The molecule has 0 unspecified atom stereocenters. The van der Waals surface area contributed by atoms with Crippen LogP contribution in [0.5, 0.6) is 0 Å². The topological polar surface area (TPSA) is 67.4 Å². The Kier molecular flexibility index (Phi) is 8.92. The van der Waals surface area contributed by atoms with Crippen molar-refractivity contribution in [2.45, 2.75) is 38.5 Å². The van der Waals surface area contributed by atoms with E-state index in [9.17, 15) is 9.59 Å². The van der Waals surface area contributed by atoms with Crippen molar-refractivity contribution in [1.82, 2.24) is 10.6 Å². The van der Waals surface area contributed by atoms with E-state index in [1.807, 2.05) is 24.3 Å². The molecule has 0 spiro atoms. The van der Waals surface area contributed by atoms with Gasteiger partial charge in [-0.3, -0.25) is 9.59 Å². The summed E-state index contributed by atoms with van der Waals surface area (Å²) in [5.74, 6) is 0.286. The molecular weight excluding hydrogens is 352 g/mol. The SMILES string of the molecule is COCCCNC(=O)C1CCC(C(=O)NCCc2ccc(Cl)cc2)CC1.